The molecule has 2 rings (SSSR count). The molecule has 15 heavy (non-hydrogen) atoms. The van der Waals surface area contributed by atoms with Crippen molar-refractivity contribution in [3.05, 3.63) is 41.6 Å². The van der Waals surface area contributed by atoms with Gasteiger partial charge in [0, 0.05) is 30.8 Å². The number of aromatic amines is 1. The first kappa shape index (κ1) is 9.98. The van der Waals surface area contributed by atoms with Crippen molar-refractivity contribution >= 4 is 0 Å². The third kappa shape index (κ3) is 2.70. The molecule has 0 bridgehead atoms. The first-order valence-electron chi connectivity index (χ1n) is 5.08. The van der Waals surface area contributed by atoms with Crippen molar-refractivity contribution in [2.24, 2.45) is 0 Å². The third-order valence-corrected chi connectivity index (χ3v) is 2.38. The molecule has 0 amide bonds. The molecular formula is C11H15N3O. The second kappa shape index (κ2) is 4.79. The zero-order valence-electron chi connectivity index (χ0n) is 8.79. The number of aromatic nitrogens is 2. The van der Waals surface area contributed by atoms with Gasteiger partial charge in [-0.2, -0.15) is 5.10 Å². The molecule has 0 saturated heterocycles. The summed E-state index contributed by atoms with van der Waals surface area (Å²) >= 11 is 0. The van der Waals surface area contributed by atoms with E-state index in [1.807, 2.05) is 25.3 Å². The Morgan fingerprint density at radius 3 is 3.13 bits per heavy atom. The number of aryl methyl sites for hydroxylation is 1. The maximum atomic E-state index is 5.24. The smallest absolute Gasteiger partial charge is 0.105 e. The Balaban J connectivity index is 1.70. The van der Waals surface area contributed by atoms with E-state index in [-0.39, 0.29) is 0 Å². The summed E-state index contributed by atoms with van der Waals surface area (Å²) in [7, 11) is 0. The van der Waals surface area contributed by atoms with Crippen molar-refractivity contribution < 1.29 is 4.42 Å². The molecular weight excluding hydrogens is 190 g/mol. The number of rotatable bonds is 5. The van der Waals surface area contributed by atoms with Gasteiger partial charge in [0.05, 0.1) is 12.5 Å². The number of hydrogen-bond donors (Lipinski definition) is 2. The molecule has 2 aromatic rings. The molecule has 0 fully saturated rings. The summed E-state index contributed by atoms with van der Waals surface area (Å²) in [6.45, 7) is 3.79. The molecule has 4 nitrogen and oxygen atoms in total. The van der Waals surface area contributed by atoms with Gasteiger partial charge in [-0.15, -0.1) is 0 Å². The highest BCUT2D eigenvalue weighted by atomic mass is 16.3. The van der Waals surface area contributed by atoms with Gasteiger partial charge in [-0.1, -0.05) is 0 Å². The van der Waals surface area contributed by atoms with Crippen LogP contribution in [0.5, 0.6) is 0 Å². The normalized spacial score (nSPS) is 10.7. The average Bonchev–Trinajstić information content (AvgIpc) is 2.85. The second-order valence-electron chi connectivity index (χ2n) is 3.53. The SMILES string of the molecule is Cc1[nH]ncc1CNCCc1ccco1. The van der Waals surface area contributed by atoms with E-state index in [0.29, 0.717) is 0 Å². The van der Waals surface area contributed by atoms with E-state index in [0.717, 1.165) is 31.0 Å². The maximum Gasteiger partial charge on any atom is 0.105 e. The minimum Gasteiger partial charge on any atom is -0.469 e. The number of H-pyrrole nitrogens is 1. The zero-order valence-corrected chi connectivity index (χ0v) is 8.79. The van der Waals surface area contributed by atoms with Crippen LogP contribution in [0.3, 0.4) is 0 Å². The Hall–Kier alpha value is -1.55. The standard InChI is InChI=1S/C11H15N3O/c1-9-10(8-13-14-9)7-12-5-4-11-3-2-6-15-11/h2-3,6,8,12H,4-5,7H2,1H3,(H,13,14). The van der Waals surface area contributed by atoms with E-state index in [1.165, 1.54) is 5.56 Å². The highest BCUT2D eigenvalue weighted by Gasteiger charge is 1.99. The van der Waals surface area contributed by atoms with Crippen LogP contribution in [0.15, 0.2) is 29.0 Å². The quantitative estimate of drug-likeness (QED) is 0.730. The van der Waals surface area contributed by atoms with E-state index >= 15 is 0 Å². The lowest BCUT2D eigenvalue weighted by molar-refractivity contribution is 0.498. The van der Waals surface area contributed by atoms with E-state index in [9.17, 15) is 0 Å². The number of furan rings is 1. The van der Waals surface area contributed by atoms with Crippen molar-refractivity contribution in [3.8, 4) is 0 Å². The molecule has 2 aromatic heterocycles. The Morgan fingerprint density at radius 2 is 2.47 bits per heavy atom. The molecule has 0 saturated carbocycles. The van der Waals surface area contributed by atoms with Gasteiger partial charge in [0.2, 0.25) is 0 Å². The van der Waals surface area contributed by atoms with E-state index in [2.05, 4.69) is 15.5 Å². The lowest BCUT2D eigenvalue weighted by Gasteiger charge is -2.01. The third-order valence-electron chi connectivity index (χ3n) is 2.38. The number of nitrogens with one attached hydrogen (secondary N) is 2. The summed E-state index contributed by atoms with van der Waals surface area (Å²) in [4.78, 5) is 0. The van der Waals surface area contributed by atoms with Crippen molar-refractivity contribution in [2.45, 2.75) is 19.9 Å². The Morgan fingerprint density at radius 1 is 1.53 bits per heavy atom. The van der Waals surface area contributed by atoms with Gasteiger partial charge in [-0.25, -0.2) is 0 Å². The van der Waals surface area contributed by atoms with Crippen LogP contribution in [0.1, 0.15) is 17.0 Å². The first-order chi connectivity index (χ1) is 7.36. The lowest BCUT2D eigenvalue weighted by atomic mass is 10.2. The predicted molar refractivity (Wildman–Crippen MR) is 57.4 cm³/mol. The average molecular weight is 205 g/mol. The van der Waals surface area contributed by atoms with Crippen LogP contribution in [0.25, 0.3) is 0 Å². The minimum absolute atomic E-state index is 0.850. The highest BCUT2D eigenvalue weighted by molar-refractivity contribution is 5.13. The van der Waals surface area contributed by atoms with Crippen LogP contribution in [-0.4, -0.2) is 16.7 Å². The predicted octanol–water partition coefficient (Wildman–Crippen LogP) is 1.64. The van der Waals surface area contributed by atoms with Crippen LogP contribution in [0, 0.1) is 6.92 Å². The molecule has 0 atom stereocenters. The summed E-state index contributed by atoms with van der Waals surface area (Å²) < 4.78 is 5.24. The summed E-state index contributed by atoms with van der Waals surface area (Å²) in [6, 6.07) is 3.90. The van der Waals surface area contributed by atoms with Crippen LogP contribution in [0.2, 0.25) is 0 Å². The molecule has 2 heterocycles. The summed E-state index contributed by atoms with van der Waals surface area (Å²) in [5.74, 6) is 1.02. The van der Waals surface area contributed by atoms with E-state index < -0.39 is 0 Å². The lowest BCUT2D eigenvalue weighted by Crippen LogP contribution is -2.16. The molecule has 0 aromatic carbocycles. The van der Waals surface area contributed by atoms with Gasteiger partial charge < -0.3 is 9.73 Å². The van der Waals surface area contributed by atoms with Gasteiger partial charge in [-0.3, -0.25) is 5.10 Å². The molecule has 0 radical (unpaired) electrons. The van der Waals surface area contributed by atoms with Gasteiger partial charge in [0.25, 0.3) is 0 Å². The molecule has 0 spiro atoms. The van der Waals surface area contributed by atoms with Gasteiger partial charge in [0.1, 0.15) is 5.76 Å². The maximum absolute atomic E-state index is 5.24. The largest absolute Gasteiger partial charge is 0.469 e. The summed E-state index contributed by atoms with van der Waals surface area (Å²) in [6.07, 6.45) is 4.48. The number of hydrogen-bond acceptors (Lipinski definition) is 3. The van der Waals surface area contributed by atoms with Crippen molar-refractivity contribution in [3.63, 3.8) is 0 Å². The van der Waals surface area contributed by atoms with E-state index in [1.54, 1.807) is 6.26 Å². The van der Waals surface area contributed by atoms with Gasteiger partial charge >= 0.3 is 0 Å². The van der Waals surface area contributed by atoms with Crippen LogP contribution < -0.4 is 5.32 Å². The molecule has 0 aliphatic carbocycles. The minimum atomic E-state index is 0.850. The highest BCUT2D eigenvalue weighted by Crippen LogP contribution is 2.02. The topological polar surface area (TPSA) is 53.9 Å². The second-order valence-corrected chi connectivity index (χ2v) is 3.53. The molecule has 4 heteroatoms. The monoisotopic (exact) mass is 205 g/mol. The number of nitrogens with zero attached hydrogens (tertiary/aromatic N) is 1. The van der Waals surface area contributed by atoms with Crippen LogP contribution in [-0.2, 0) is 13.0 Å². The zero-order chi connectivity index (χ0) is 10.5. The Bertz CT molecular complexity index is 392. The molecule has 2 N–H and O–H groups in total. The Kier molecular flexibility index (Phi) is 3.19. The fourth-order valence-electron chi connectivity index (χ4n) is 1.44. The fraction of sp³-hybridized carbons (Fsp3) is 0.364. The molecule has 0 aliphatic rings. The summed E-state index contributed by atoms with van der Waals surface area (Å²) in [5, 5.41) is 10.2. The van der Waals surface area contributed by atoms with Crippen molar-refractivity contribution in [2.75, 3.05) is 6.54 Å². The first-order valence-corrected chi connectivity index (χ1v) is 5.08. The Labute approximate surface area is 88.7 Å². The van der Waals surface area contributed by atoms with Crippen LogP contribution >= 0.6 is 0 Å². The molecule has 80 valence electrons. The van der Waals surface area contributed by atoms with Gasteiger partial charge in [-0.05, 0) is 19.1 Å². The fourth-order valence-corrected chi connectivity index (χ4v) is 1.44. The summed E-state index contributed by atoms with van der Waals surface area (Å²) in [5.41, 5.74) is 2.34. The molecule has 0 aliphatic heterocycles. The van der Waals surface area contributed by atoms with Crippen molar-refractivity contribution in [1.82, 2.24) is 15.5 Å². The molecule has 0 unspecified atom stereocenters. The van der Waals surface area contributed by atoms with E-state index in [4.69, 9.17) is 4.42 Å². The van der Waals surface area contributed by atoms with Crippen LogP contribution in [0.4, 0.5) is 0 Å². The van der Waals surface area contributed by atoms with Gasteiger partial charge in [0.15, 0.2) is 0 Å². The van der Waals surface area contributed by atoms with Crippen molar-refractivity contribution in [1.29, 1.82) is 0 Å².